The minimum atomic E-state index is -4.44. The van der Waals surface area contributed by atoms with Crippen LogP contribution in [0.15, 0.2) is 18.2 Å². The molecule has 0 heterocycles. The van der Waals surface area contributed by atoms with Crippen LogP contribution in [0.5, 0.6) is 0 Å². The van der Waals surface area contributed by atoms with Gasteiger partial charge >= 0.3 is 6.18 Å². The number of hydrogen-bond acceptors (Lipinski definition) is 3. The summed E-state index contributed by atoms with van der Waals surface area (Å²) in [6.07, 6.45) is -2.77. The number of alkyl halides is 3. The van der Waals surface area contributed by atoms with Gasteiger partial charge in [-0.25, -0.2) is 0 Å². The number of rotatable bonds is 6. The largest absolute Gasteiger partial charge is 0.416 e. The van der Waals surface area contributed by atoms with E-state index in [9.17, 15) is 18.0 Å². The molecule has 0 bridgehead atoms. The van der Waals surface area contributed by atoms with Crippen LogP contribution < -0.4 is 16.4 Å². The Labute approximate surface area is 115 Å². The summed E-state index contributed by atoms with van der Waals surface area (Å²) in [7, 11) is 0. The quantitative estimate of drug-likeness (QED) is 0.790. The molecule has 20 heavy (non-hydrogen) atoms. The number of halogens is 3. The van der Waals surface area contributed by atoms with Gasteiger partial charge in [0.25, 0.3) is 0 Å². The fraction of sp³-hybridized carbons (Fsp3) is 0.462. The Hall–Kier alpha value is -1.92. The second-order valence-electron chi connectivity index (χ2n) is 4.51. The van der Waals surface area contributed by atoms with Crippen molar-refractivity contribution >= 4 is 17.3 Å². The zero-order valence-electron chi connectivity index (χ0n) is 11.2. The molecular weight excluding hydrogens is 271 g/mol. The molecule has 0 saturated heterocycles. The lowest BCUT2D eigenvalue weighted by molar-refractivity contribution is -0.137. The van der Waals surface area contributed by atoms with Gasteiger partial charge in [-0.2, -0.15) is 13.2 Å². The third-order valence-electron chi connectivity index (χ3n) is 2.82. The van der Waals surface area contributed by atoms with Gasteiger partial charge in [-0.3, -0.25) is 4.79 Å². The summed E-state index contributed by atoms with van der Waals surface area (Å²) in [4.78, 5) is 12.6. The van der Waals surface area contributed by atoms with Crippen LogP contribution in [0.4, 0.5) is 24.5 Å². The van der Waals surface area contributed by atoms with Crippen molar-refractivity contribution in [3.63, 3.8) is 0 Å². The molecule has 7 heteroatoms. The van der Waals surface area contributed by atoms with Crippen molar-refractivity contribution in [2.24, 2.45) is 5.73 Å². The summed E-state index contributed by atoms with van der Waals surface area (Å²) < 4.78 is 37.7. The monoisotopic (exact) mass is 289 g/mol. The van der Waals surface area contributed by atoms with Crippen molar-refractivity contribution in [3.8, 4) is 0 Å². The number of nitrogen functional groups attached to an aromatic ring is 1. The topological polar surface area (TPSA) is 72.3 Å². The van der Waals surface area contributed by atoms with Crippen molar-refractivity contribution in [1.29, 1.82) is 0 Å². The summed E-state index contributed by atoms with van der Waals surface area (Å²) >= 11 is 0. The number of carbonyl (C=O) groups excluding carboxylic acids is 1. The van der Waals surface area contributed by atoms with Crippen LogP contribution in [0.25, 0.3) is 0 Å². The first kappa shape index (κ1) is 16.1. The van der Waals surface area contributed by atoms with Crippen LogP contribution in [-0.4, -0.2) is 19.0 Å². The molecule has 4 nitrogen and oxygen atoms in total. The van der Waals surface area contributed by atoms with E-state index in [0.29, 0.717) is 12.2 Å². The number of carbonyl (C=O) groups is 1. The second kappa shape index (κ2) is 6.49. The van der Waals surface area contributed by atoms with Crippen molar-refractivity contribution in [2.45, 2.75) is 25.9 Å². The number of amides is 1. The van der Waals surface area contributed by atoms with Crippen molar-refractivity contribution in [2.75, 3.05) is 23.7 Å². The van der Waals surface area contributed by atoms with Gasteiger partial charge in [0.15, 0.2) is 0 Å². The van der Waals surface area contributed by atoms with Gasteiger partial charge in [-0.15, -0.1) is 0 Å². The van der Waals surface area contributed by atoms with Crippen molar-refractivity contribution in [1.82, 2.24) is 0 Å². The lowest BCUT2D eigenvalue weighted by atomic mass is 10.1. The van der Waals surface area contributed by atoms with Crippen molar-refractivity contribution in [3.05, 3.63) is 23.8 Å². The van der Waals surface area contributed by atoms with E-state index in [0.717, 1.165) is 25.0 Å². The molecule has 0 unspecified atom stereocenters. The molecule has 4 N–H and O–H groups in total. The standard InChI is InChI=1S/C13H18F3N3O/c1-2-3-6-19(8-12(18)20)11-5-4-9(7-10(11)17)13(14,15)16/h4-5,7H,2-3,6,8,17H2,1H3,(H2,18,20). The number of anilines is 2. The SMILES string of the molecule is CCCCN(CC(N)=O)c1ccc(C(F)(F)F)cc1N. The molecule has 0 aromatic heterocycles. The summed E-state index contributed by atoms with van der Waals surface area (Å²) in [5.41, 5.74) is 10.4. The van der Waals surface area contributed by atoms with Crippen LogP contribution in [0, 0.1) is 0 Å². The van der Waals surface area contributed by atoms with E-state index in [1.807, 2.05) is 6.92 Å². The average molecular weight is 289 g/mol. The number of nitrogens with zero attached hydrogens (tertiary/aromatic N) is 1. The van der Waals surface area contributed by atoms with Crippen LogP contribution in [0.2, 0.25) is 0 Å². The van der Waals surface area contributed by atoms with Crippen LogP contribution in [0.1, 0.15) is 25.3 Å². The minimum absolute atomic E-state index is 0.0165. The zero-order valence-corrected chi connectivity index (χ0v) is 11.2. The number of primary amides is 1. The highest BCUT2D eigenvalue weighted by atomic mass is 19.4. The maximum Gasteiger partial charge on any atom is 0.416 e. The predicted molar refractivity (Wildman–Crippen MR) is 72.2 cm³/mol. The van der Waals surface area contributed by atoms with Crippen LogP contribution in [-0.2, 0) is 11.0 Å². The van der Waals surface area contributed by atoms with Gasteiger partial charge in [0.05, 0.1) is 23.5 Å². The molecule has 112 valence electrons. The number of hydrogen-bond donors (Lipinski definition) is 2. The lowest BCUT2D eigenvalue weighted by Gasteiger charge is -2.25. The van der Waals surface area contributed by atoms with Gasteiger partial charge < -0.3 is 16.4 Å². The normalized spacial score (nSPS) is 11.4. The first-order valence-corrected chi connectivity index (χ1v) is 6.25. The molecule has 0 aliphatic carbocycles. The van der Waals surface area contributed by atoms with Gasteiger partial charge in [0.2, 0.25) is 5.91 Å². The van der Waals surface area contributed by atoms with Gasteiger partial charge in [0, 0.05) is 6.54 Å². The van der Waals surface area contributed by atoms with E-state index in [4.69, 9.17) is 11.5 Å². The lowest BCUT2D eigenvalue weighted by Crippen LogP contribution is -2.35. The van der Waals surface area contributed by atoms with Gasteiger partial charge in [-0.05, 0) is 24.6 Å². The van der Waals surface area contributed by atoms with E-state index in [-0.39, 0.29) is 12.2 Å². The van der Waals surface area contributed by atoms with E-state index >= 15 is 0 Å². The molecule has 0 aliphatic rings. The molecule has 0 saturated carbocycles. The van der Waals surface area contributed by atoms with E-state index in [1.54, 1.807) is 4.90 Å². The number of unbranched alkanes of at least 4 members (excludes halogenated alkanes) is 1. The number of nitrogens with two attached hydrogens (primary N) is 2. The van der Waals surface area contributed by atoms with E-state index < -0.39 is 17.6 Å². The molecule has 1 amide bonds. The second-order valence-corrected chi connectivity index (χ2v) is 4.51. The number of benzene rings is 1. The highest BCUT2D eigenvalue weighted by Gasteiger charge is 2.31. The average Bonchev–Trinajstić information content (AvgIpc) is 2.33. The molecule has 0 aliphatic heterocycles. The summed E-state index contributed by atoms with van der Waals surface area (Å²) in [5.74, 6) is -0.555. The summed E-state index contributed by atoms with van der Waals surface area (Å²) in [6.45, 7) is 2.41. The third kappa shape index (κ3) is 4.32. The maximum absolute atomic E-state index is 12.6. The van der Waals surface area contributed by atoms with Gasteiger partial charge in [-0.1, -0.05) is 13.3 Å². The smallest absolute Gasteiger partial charge is 0.397 e. The first-order valence-electron chi connectivity index (χ1n) is 6.25. The zero-order chi connectivity index (χ0) is 15.3. The van der Waals surface area contributed by atoms with Crippen molar-refractivity contribution < 1.29 is 18.0 Å². The minimum Gasteiger partial charge on any atom is -0.397 e. The Morgan fingerprint density at radius 2 is 2.00 bits per heavy atom. The summed E-state index contributed by atoms with van der Waals surface area (Å²) in [5, 5.41) is 0. The van der Waals surface area contributed by atoms with Crippen LogP contribution in [0.3, 0.4) is 0 Å². The fourth-order valence-corrected chi connectivity index (χ4v) is 1.84. The highest BCUT2D eigenvalue weighted by Crippen LogP contribution is 2.34. The Kier molecular flexibility index (Phi) is 5.24. The third-order valence-corrected chi connectivity index (χ3v) is 2.82. The van der Waals surface area contributed by atoms with Crippen LogP contribution >= 0.6 is 0 Å². The summed E-state index contributed by atoms with van der Waals surface area (Å²) in [6, 6.07) is 3.09. The molecule has 0 atom stereocenters. The Balaban J connectivity index is 3.04. The van der Waals surface area contributed by atoms with E-state index in [1.165, 1.54) is 6.07 Å². The van der Waals surface area contributed by atoms with E-state index in [2.05, 4.69) is 0 Å². The fourth-order valence-electron chi connectivity index (χ4n) is 1.84. The molecule has 1 aromatic carbocycles. The Morgan fingerprint density at radius 3 is 2.45 bits per heavy atom. The maximum atomic E-state index is 12.6. The molecule has 0 fully saturated rings. The predicted octanol–water partition coefficient (Wildman–Crippen LogP) is 2.38. The Bertz CT molecular complexity index is 474. The Morgan fingerprint density at radius 1 is 1.35 bits per heavy atom. The molecular formula is C13H18F3N3O. The highest BCUT2D eigenvalue weighted by molar-refractivity contribution is 5.81. The molecule has 0 radical (unpaired) electrons. The first-order chi connectivity index (χ1) is 9.25. The molecule has 0 spiro atoms. The van der Waals surface area contributed by atoms with Gasteiger partial charge in [0.1, 0.15) is 0 Å². The molecule has 1 rings (SSSR count). The molecule has 1 aromatic rings.